The van der Waals surface area contributed by atoms with E-state index < -0.39 is 68.0 Å². The van der Waals surface area contributed by atoms with Crippen LogP contribution in [0.5, 0.6) is 5.88 Å². The van der Waals surface area contributed by atoms with Crippen LogP contribution < -0.4 is 10.4 Å². The molecule has 2 fully saturated rings. The van der Waals surface area contributed by atoms with Gasteiger partial charge in [-0.1, -0.05) is 5.21 Å². The first-order chi connectivity index (χ1) is 18.6. The number of aliphatic hydroxyl groups excluding tert-OH is 6. The Morgan fingerprint density at radius 1 is 1.08 bits per heavy atom. The highest BCUT2D eigenvalue weighted by Gasteiger charge is 2.44. The minimum absolute atomic E-state index is 0.0472. The molecular formula is C22H31N5O12. The summed E-state index contributed by atoms with van der Waals surface area (Å²) in [6.45, 7) is -1.45. The fraction of sp³-hybridized carbons (Fsp3) is 0.682. The third-order valence-electron chi connectivity index (χ3n) is 6.43. The molecule has 4 heterocycles. The van der Waals surface area contributed by atoms with Crippen molar-refractivity contribution in [1.82, 2.24) is 24.5 Å². The van der Waals surface area contributed by atoms with Crippen LogP contribution in [-0.2, 0) is 38.6 Å². The minimum atomic E-state index is -1.59. The second-order valence-corrected chi connectivity index (χ2v) is 9.21. The van der Waals surface area contributed by atoms with E-state index in [0.29, 0.717) is 5.56 Å². The SMILES string of the molecule is COc1nc(=O)n([C@H]2C[C@H](O)[C@@H](CO)O2)cc1CC(=O)Cn1cc(CO[C@@H]2O[C@H](CO)[C@@H](O)[C@H](O)[C@H]2O)nn1. The maximum Gasteiger partial charge on any atom is 0.352 e. The molecule has 0 saturated carbocycles. The summed E-state index contributed by atoms with van der Waals surface area (Å²) in [6.07, 6.45) is -7.18. The van der Waals surface area contributed by atoms with Crippen molar-refractivity contribution < 1.29 is 54.4 Å². The Balaban J connectivity index is 1.37. The van der Waals surface area contributed by atoms with E-state index in [1.165, 1.54) is 24.2 Å². The number of nitrogens with zero attached hydrogens (tertiary/aromatic N) is 5. The lowest BCUT2D eigenvalue weighted by Crippen LogP contribution is -2.59. The van der Waals surface area contributed by atoms with Crippen LogP contribution in [0.3, 0.4) is 0 Å². The van der Waals surface area contributed by atoms with E-state index in [-0.39, 0.29) is 43.4 Å². The molecule has 0 spiro atoms. The molecule has 0 aliphatic carbocycles. The maximum absolute atomic E-state index is 12.8. The lowest BCUT2D eigenvalue weighted by atomic mass is 9.99. The minimum Gasteiger partial charge on any atom is -0.481 e. The van der Waals surface area contributed by atoms with Gasteiger partial charge in [-0.05, 0) is 0 Å². The molecule has 4 rings (SSSR count). The zero-order valence-corrected chi connectivity index (χ0v) is 20.9. The predicted octanol–water partition coefficient (Wildman–Crippen LogP) is -4.39. The highest BCUT2D eigenvalue weighted by Crippen LogP contribution is 2.28. The number of carbonyl (C=O) groups excluding carboxylic acids is 1. The summed E-state index contributed by atoms with van der Waals surface area (Å²) < 4.78 is 23.7. The fourth-order valence-electron chi connectivity index (χ4n) is 4.35. The van der Waals surface area contributed by atoms with E-state index in [1.54, 1.807) is 0 Å². The van der Waals surface area contributed by atoms with Crippen molar-refractivity contribution in [2.75, 3.05) is 20.3 Å². The zero-order valence-electron chi connectivity index (χ0n) is 20.9. The summed E-state index contributed by atoms with van der Waals surface area (Å²) in [5, 5.41) is 66.1. The van der Waals surface area contributed by atoms with Crippen LogP contribution in [-0.4, -0.2) is 124 Å². The van der Waals surface area contributed by atoms with Crippen LogP contribution in [0.15, 0.2) is 17.2 Å². The highest BCUT2D eigenvalue weighted by molar-refractivity contribution is 5.81. The second-order valence-electron chi connectivity index (χ2n) is 9.21. The average molecular weight is 558 g/mol. The predicted molar refractivity (Wildman–Crippen MR) is 124 cm³/mol. The number of Topliss-reactive ketones (excluding diaryl/α,β-unsaturated/α-hetero) is 1. The molecule has 0 radical (unpaired) electrons. The number of ether oxygens (including phenoxy) is 4. The Morgan fingerprint density at radius 2 is 1.82 bits per heavy atom. The van der Waals surface area contributed by atoms with Gasteiger partial charge in [0.2, 0.25) is 5.88 Å². The van der Waals surface area contributed by atoms with Gasteiger partial charge in [0, 0.05) is 24.6 Å². The van der Waals surface area contributed by atoms with Gasteiger partial charge in [-0.15, -0.1) is 5.10 Å². The fourth-order valence-corrected chi connectivity index (χ4v) is 4.35. The Hall–Kier alpha value is -2.87. The van der Waals surface area contributed by atoms with Gasteiger partial charge < -0.3 is 49.6 Å². The van der Waals surface area contributed by atoms with Crippen molar-refractivity contribution in [2.24, 2.45) is 0 Å². The zero-order chi connectivity index (χ0) is 28.3. The number of carbonyl (C=O) groups is 1. The molecule has 2 aliphatic rings. The molecule has 0 aromatic carbocycles. The molecule has 0 unspecified atom stereocenters. The first-order valence-electron chi connectivity index (χ1n) is 12.1. The number of rotatable bonds is 11. The molecule has 0 amide bonds. The van der Waals surface area contributed by atoms with E-state index in [4.69, 9.17) is 18.9 Å². The molecule has 2 aromatic rings. The van der Waals surface area contributed by atoms with Gasteiger partial charge in [0.15, 0.2) is 12.1 Å². The summed E-state index contributed by atoms with van der Waals surface area (Å²) in [5.74, 6) is -0.388. The van der Waals surface area contributed by atoms with Crippen LogP contribution in [0.25, 0.3) is 0 Å². The van der Waals surface area contributed by atoms with Crippen molar-refractivity contribution >= 4 is 5.78 Å². The Labute approximate surface area is 220 Å². The maximum atomic E-state index is 12.8. The van der Waals surface area contributed by atoms with Gasteiger partial charge in [-0.25, -0.2) is 9.48 Å². The molecule has 8 atom stereocenters. The molecule has 6 N–H and O–H groups in total. The van der Waals surface area contributed by atoms with Crippen LogP contribution in [0.4, 0.5) is 0 Å². The van der Waals surface area contributed by atoms with E-state index in [0.717, 1.165) is 4.57 Å². The van der Waals surface area contributed by atoms with E-state index in [1.807, 2.05) is 0 Å². The lowest BCUT2D eigenvalue weighted by molar-refractivity contribution is -0.304. The van der Waals surface area contributed by atoms with Gasteiger partial charge in [-0.3, -0.25) is 9.36 Å². The van der Waals surface area contributed by atoms with E-state index >= 15 is 0 Å². The molecular weight excluding hydrogens is 526 g/mol. The summed E-state index contributed by atoms with van der Waals surface area (Å²) >= 11 is 0. The molecule has 17 nitrogen and oxygen atoms in total. The molecule has 2 saturated heterocycles. The van der Waals surface area contributed by atoms with Crippen LogP contribution in [0.2, 0.25) is 0 Å². The number of aliphatic hydroxyl groups is 6. The van der Waals surface area contributed by atoms with E-state index in [2.05, 4.69) is 15.3 Å². The number of hydrogen-bond acceptors (Lipinski definition) is 15. The molecule has 0 bridgehead atoms. The Morgan fingerprint density at radius 3 is 2.49 bits per heavy atom. The Bertz CT molecular complexity index is 1190. The Kier molecular flexibility index (Phi) is 9.36. The molecule has 216 valence electrons. The second kappa shape index (κ2) is 12.5. The van der Waals surface area contributed by atoms with Crippen LogP contribution in [0.1, 0.15) is 23.9 Å². The number of ketones is 1. The first kappa shape index (κ1) is 29.1. The average Bonchev–Trinajstić information content (AvgIpc) is 3.53. The van der Waals surface area contributed by atoms with Gasteiger partial charge >= 0.3 is 5.69 Å². The van der Waals surface area contributed by atoms with Gasteiger partial charge in [0.05, 0.1) is 39.2 Å². The standard InChI is InChI=1S/C22H31N5O12/c1-36-20-10(4-27(22(35)23-20)16-3-13(31)14(7-28)38-16)2-12(30)6-26-5-11(24-25-26)9-37-21-19(34)18(33)17(32)15(8-29)39-21/h4-5,13-19,21,28-29,31-34H,2-3,6-9H2,1H3/t13-,14+,15+,16+,17+,18-,19+,21+/m0/s1. The summed E-state index contributed by atoms with van der Waals surface area (Å²) in [7, 11) is 1.30. The lowest BCUT2D eigenvalue weighted by Gasteiger charge is -2.39. The molecule has 17 heteroatoms. The van der Waals surface area contributed by atoms with Crippen molar-refractivity contribution in [1.29, 1.82) is 0 Å². The van der Waals surface area contributed by atoms with Crippen LogP contribution >= 0.6 is 0 Å². The first-order valence-corrected chi connectivity index (χ1v) is 12.1. The third kappa shape index (κ3) is 6.48. The number of methoxy groups -OCH3 is 1. The van der Waals surface area contributed by atoms with Crippen molar-refractivity contribution in [3.8, 4) is 5.88 Å². The topological polar surface area (TPSA) is 241 Å². The number of hydrogen-bond donors (Lipinski definition) is 6. The van der Waals surface area contributed by atoms with Crippen molar-refractivity contribution in [2.45, 2.75) is 75.1 Å². The quantitative estimate of drug-likeness (QED) is 0.153. The van der Waals surface area contributed by atoms with Gasteiger partial charge in [0.1, 0.15) is 49.0 Å². The smallest absolute Gasteiger partial charge is 0.352 e. The van der Waals surface area contributed by atoms with Crippen molar-refractivity contribution in [3.05, 3.63) is 34.1 Å². The molecule has 2 aliphatic heterocycles. The number of aromatic nitrogens is 5. The van der Waals surface area contributed by atoms with E-state index in [9.17, 15) is 40.2 Å². The normalized spacial score (nSPS) is 30.9. The van der Waals surface area contributed by atoms with Crippen LogP contribution in [0, 0.1) is 0 Å². The molecule has 39 heavy (non-hydrogen) atoms. The van der Waals surface area contributed by atoms with Crippen molar-refractivity contribution in [3.63, 3.8) is 0 Å². The molecule has 2 aromatic heterocycles. The largest absolute Gasteiger partial charge is 0.481 e. The summed E-state index contributed by atoms with van der Waals surface area (Å²) in [5.41, 5.74) is -0.152. The third-order valence-corrected chi connectivity index (χ3v) is 6.43. The summed E-state index contributed by atoms with van der Waals surface area (Å²) in [6, 6.07) is 0. The monoisotopic (exact) mass is 557 g/mol. The summed E-state index contributed by atoms with van der Waals surface area (Å²) in [4.78, 5) is 29.1. The van der Waals surface area contributed by atoms with Gasteiger partial charge in [-0.2, -0.15) is 4.98 Å². The highest BCUT2D eigenvalue weighted by atomic mass is 16.7. The van der Waals surface area contributed by atoms with Gasteiger partial charge in [0.25, 0.3) is 0 Å².